The van der Waals surface area contributed by atoms with E-state index in [1.807, 2.05) is 28.0 Å². The zero-order valence-corrected chi connectivity index (χ0v) is 18.1. The number of halogens is 2. The summed E-state index contributed by atoms with van der Waals surface area (Å²) in [6, 6.07) is 7.89. The second-order valence-corrected chi connectivity index (χ2v) is 7.73. The zero-order chi connectivity index (χ0) is 18.8. The van der Waals surface area contributed by atoms with E-state index < -0.39 is 6.10 Å². The summed E-state index contributed by atoms with van der Waals surface area (Å²) in [4.78, 5) is 31.3. The Kier molecular flexibility index (Phi) is 8.73. The highest BCUT2D eigenvalue weighted by Crippen LogP contribution is 2.26. The van der Waals surface area contributed by atoms with Crippen molar-refractivity contribution in [2.45, 2.75) is 31.4 Å². The summed E-state index contributed by atoms with van der Waals surface area (Å²) in [5, 5.41) is 12.7. The number of β-amino-alcohol motifs (C(OH)–C–C–N with tert-alkyl or cyclic N) is 1. The topological polar surface area (TPSA) is 76.1 Å². The van der Waals surface area contributed by atoms with Crippen LogP contribution >= 0.6 is 24.8 Å². The van der Waals surface area contributed by atoms with Gasteiger partial charge >= 0.3 is 0 Å². The van der Waals surface area contributed by atoms with Gasteiger partial charge in [0.05, 0.1) is 18.7 Å². The van der Waals surface area contributed by atoms with Crippen molar-refractivity contribution in [3.05, 3.63) is 29.8 Å². The van der Waals surface area contributed by atoms with Crippen molar-refractivity contribution in [3.8, 4) is 0 Å². The van der Waals surface area contributed by atoms with Crippen LogP contribution in [0.25, 0.3) is 0 Å². The fourth-order valence-electron chi connectivity index (χ4n) is 4.32. The van der Waals surface area contributed by atoms with E-state index in [0.717, 1.165) is 25.1 Å². The molecule has 0 aromatic heterocycles. The minimum absolute atomic E-state index is 0. The van der Waals surface area contributed by atoms with Gasteiger partial charge in [-0.15, -0.1) is 24.8 Å². The van der Waals surface area contributed by atoms with Gasteiger partial charge in [0, 0.05) is 45.0 Å². The van der Waals surface area contributed by atoms with Crippen LogP contribution in [0.4, 0.5) is 5.69 Å². The molecule has 4 rings (SSSR count). The number of fused-ring (bicyclic) bond motifs is 1. The van der Waals surface area contributed by atoms with Crippen molar-refractivity contribution >= 4 is 42.3 Å². The molecule has 0 aliphatic carbocycles. The normalized spacial score (nSPS) is 24.3. The number of anilines is 1. The van der Waals surface area contributed by atoms with Crippen LogP contribution in [0.2, 0.25) is 0 Å². The molecule has 3 aliphatic rings. The van der Waals surface area contributed by atoms with Gasteiger partial charge in [0.15, 0.2) is 0 Å². The Hall–Kier alpha value is -1.38. The van der Waals surface area contributed by atoms with E-state index >= 15 is 0 Å². The van der Waals surface area contributed by atoms with Crippen LogP contribution in [0.3, 0.4) is 0 Å². The van der Waals surface area contributed by atoms with E-state index in [0.29, 0.717) is 45.7 Å². The second-order valence-electron chi connectivity index (χ2n) is 7.73. The number of rotatable bonds is 3. The molecular formula is C20H30Cl2N4O3. The number of aliphatic hydroxyl groups excluding tert-OH is 1. The fraction of sp³-hybridized carbons (Fsp3) is 0.600. The number of hydrogen-bond acceptors (Lipinski definition) is 5. The molecular weight excluding hydrogens is 415 g/mol. The largest absolute Gasteiger partial charge is 0.392 e. The molecule has 2 saturated heterocycles. The van der Waals surface area contributed by atoms with Crippen molar-refractivity contribution in [1.82, 2.24) is 15.1 Å². The number of aliphatic hydroxyl groups is 1. The quantitative estimate of drug-likeness (QED) is 0.716. The van der Waals surface area contributed by atoms with Crippen molar-refractivity contribution in [3.63, 3.8) is 0 Å². The van der Waals surface area contributed by atoms with Crippen LogP contribution in [0.15, 0.2) is 24.3 Å². The molecule has 9 heteroatoms. The number of carbonyl (C=O) groups excluding carboxylic acids is 2. The highest BCUT2D eigenvalue weighted by atomic mass is 35.5. The van der Waals surface area contributed by atoms with Crippen molar-refractivity contribution < 1.29 is 14.7 Å². The Balaban J connectivity index is 0.00000150. The summed E-state index contributed by atoms with van der Waals surface area (Å²) in [5.74, 6) is 0.213. The standard InChI is InChI=1S/C20H28N4O3.2ClH/c25-16-12-17(21-13-16)20(27)23-10-8-22(9-11-23)14-19(26)24-7-3-5-15-4-1-2-6-18(15)24;;/h1-2,4,6,16-17,21,25H,3,5,7-14H2;2*1H. The molecule has 2 atom stereocenters. The summed E-state index contributed by atoms with van der Waals surface area (Å²) in [6.07, 6.45) is 2.10. The van der Waals surface area contributed by atoms with Gasteiger partial charge in [0.1, 0.15) is 0 Å². The summed E-state index contributed by atoms with van der Waals surface area (Å²) in [5.41, 5.74) is 2.30. The number of piperazine rings is 1. The minimum atomic E-state index is -0.426. The number of carbonyl (C=O) groups is 2. The molecule has 0 spiro atoms. The molecule has 29 heavy (non-hydrogen) atoms. The monoisotopic (exact) mass is 444 g/mol. The molecule has 1 aromatic rings. The first-order valence-corrected chi connectivity index (χ1v) is 9.92. The van der Waals surface area contributed by atoms with Crippen LogP contribution in [-0.2, 0) is 16.0 Å². The lowest BCUT2D eigenvalue weighted by molar-refractivity contribution is -0.135. The Labute approximate surface area is 184 Å². The highest BCUT2D eigenvalue weighted by Gasteiger charge is 2.33. The van der Waals surface area contributed by atoms with E-state index in [9.17, 15) is 14.7 Å². The van der Waals surface area contributed by atoms with Crippen LogP contribution < -0.4 is 10.2 Å². The summed E-state index contributed by atoms with van der Waals surface area (Å²) in [7, 11) is 0. The van der Waals surface area contributed by atoms with Gasteiger partial charge in [0.25, 0.3) is 0 Å². The van der Waals surface area contributed by atoms with Gasteiger partial charge in [-0.1, -0.05) is 18.2 Å². The number of amides is 2. The molecule has 2 amide bonds. The molecule has 3 aliphatic heterocycles. The predicted molar refractivity (Wildman–Crippen MR) is 117 cm³/mol. The average Bonchev–Trinajstić information content (AvgIpc) is 3.14. The van der Waals surface area contributed by atoms with Gasteiger partial charge in [-0.05, 0) is 30.9 Å². The lowest BCUT2D eigenvalue weighted by atomic mass is 10.0. The highest BCUT2D eigenvalue weighted by molar-refractivity contribution is 5.96. The van der Waals surface area contributed by atoms with Crippen molar-refractivity contribution in [2.75, 3.05) is 50.7 Å². The van der Waals surface area contributed by atoms with E-state index in [4.69, 9.17) is 0 Å². The third-order valence-corrected chi connectivity index (χ3v) is 5.86. The minimum Gasteiger partial charge on any atom is -0.392 e. The van der Waals surface area contributed by atoms with Gasteiger partial charge in [0.2, 0.25) is 11.8 Å². The second kappa shape index (κ2) is 10.6. The smallest absolute Gasteiger partial charge is 0.241 e. The molecule has 0 bridgehead atoms. The van der Waals surface area contributed by atoms with E-state index in [-0.39, 0.29) is 42.7 Å². The average molecular weight is 445 g/mol. The Morgan fingerprint density at radius 3 is 2.48 bits per heavy atom. The SMILES string of the molecule is Cl.Cl.O=C(C1CC(O)CN1)N1CCN(CC(=O)N2CCCc3ccccc32)CC1. The third kappa shape index (κ3) is 5.41. The van der Waals surface area contributed by atoms with Gasteiger partial charge in [-0.3, -0.25) is 14.5 Å². The molecule has 1 aromatic carbocycles. The van der Waals surface area contributed by atoms with E-state index in [1.165, 1.54) is 5.56 Å². The predicted octanol–water partition coefficient (Wildman–Crippen LogP) is 0.676. The number of nitrogens with one attached hydrogen (secondary N) is 1. The Bertz CT molecular complexity index is 713. The van der Waals surface area contributed by atoms with Gasteiger partial charge in [-0.25, -0.2) is 0 Å². The molecule has 0 radical (unpaired) electrons. The Morgan fingerprint density at radius 2 is 1.79 bits per heavy atom. The van der Waals surface area contributed by atoms with Crippen molar-refractivity contribution in [1.29, 1.82) is 0 Å². The van der Waals surface area contributed by atoms with Crippen LogP contribution in [0, 0.1) is 0 Å². The molecule has 2 unspecified atom stereocenters. The molecule has 162 valence electrons. The summed E-state index contributed by atoms with van der Waals surface area (Å²) >= 11 is 0. The summed E-state index contributed by atoms with van der Waals surface area (Å²) in [6.45, 7) is 4.36. The molecule has 2 N–H and O–H groups in total. The fourth-order valence-corrected chi connectivity index (χ4v) is 4.32. The maximum absolute atomic E-state index is 12.9. The number of hydrogen-bond donors (Lipinski definition) is 2. The number of benzene rings is 1. The van der Waals surface area contributed by atoms with Gasteiger partial charge < -0.3 is 20.2 Å². The molecule has 0 saturated carbocycles. The first-order chi connectivity index (χ1) is 13.1. The lowest BCUT2D eigenvalue weighted by Gasteiger charge is -2.37. The van der Waals surface area contributed by atoms with Crippen molar-refractivity contribution in [2.24, 2.45) is 0 Å². The number of para-hydroxylation sites is 1. The Morgan fingerprint density at radius 1 is 1.07 bits per heavy atom. The molecule has 7 nitrogen and oxygen atoms in total. The van der Waals surface area contributed by atoms with Crippen LogP contribution in [0.5, 0.6) is 0 Å². The summed E-state index contributed by atoms with van der Waals surface area (Å²) < 4.78 is 0. The third-order valence-electron chi connectivity index (χ3n) is 5.86. The van der Waals surface area contributed by atoms with E-state index in [1.54, 1.807) is 0 Å². The molecule has 3 heterocycles. The maximum atomic E-state index is 12.9. The molecule has 2 fully saturated rings. The number of nitrogens with zero attached hydrogens (tertiary/aromatic N) is 3. The number of aryl methyl sites for hydroxylation is 1. The maximum Gasteiger partial charge on any atom is 0.241 e. The van der Waals surface area contributed by atoms with Crippen LogP contribution in [0.1, 0.15) is 18.4 Å². The van der Waals surface area contributed by atoms with Crippen LogP contribution in [-0.4, -0.2) is 84.7 Å². The van der Waals surface area contributed by atoms with E-state index in [2.05, 4.69) is 16.3 Å². The lowest BCUT2D eigenvalue weighted by Crippen LogP contribution is -2.54. The first-order valence-electron chi connectivity index (χ1n) is 9.92. The van der Waals surface area contributed by atoms with Gasteiger partial charge in [-0.2, -0.15) is 0 Å². The first kappa shape index (κ1) is 23.9. The zero-order valence-electron chi connectivity index (χ0n) is 16.5.